The fourth-order valence-corrected chi connectivity index (χ4v) is 2.33. The van der Waals surface area contributed by atoms with E-state index in [1.165, 1.54) is 25.1 Å². The first-order chi connectivity index (χ1) is 10.8. The van der Waals surface area contributed by atoms with Gasteiger partial charge in [-0.2, -0.15) is 0 Å². The first-order valence-electron chi connectivity index (χ1n) is 6.38. The number of amides is 1. The van der Waals surface area contributed by atoms with Crippen molar-refractivity contribution in [1.82, 2.24) is 5.32 Å². The molecule has 0 radical (unpaired) electrons. The van der Waals surface area contributed by atoms with Gasteiger partial charge >= 0.3 is 11.9 Å². The highest BCUT2D eigenvalue weighted by molar-refractivity contribution is 6.37. The standard InChI is InChI=1S/C14H13Cl2NO6/c1-2-23-13(22)14(12(20)21,17-7-18)6-11(19)9-4-3-8(15)5-10(9)16/h3-5,7H,2,6H2,1H3,(H,17,18)(H,20,21). The molecule has 0 spiro atoms. The normalized spacial score (nSPS) is 12.8. The summed E-state index contributed by atoms with van der Waals surface area (Å²) in [6.07, 6.45) is -0.844. The van der Waals surface area contributed by atoms with Crippen molar-refractivity contribution in [3.63, 3.8) is 0 Å². The molecule has 7 nitrogen and oxygen atoms in total. The quantitative estimate of drug-likeness (QED) is 0.315. The van der Waals surface area contributed by atoms with E-state index in [-0.39, 0.29) is 28.6 Å². The third kappa shape index (κ3) is 4.20. The number of carbonyl (C=O) groups is 4. The number of aliphatic carboxylic acids is 1. The molecule has 0 bridgehead atoms. The van der Waals surface area contributed by atoms with Gasteiger partial charge in [0.1, 0.15) is 0 Å². The third-order valence-electron chi connectivity index (χ3n) is 2.95. The van der Waals surface area contributed by atoms with Gasteiger partial charge in [0.15, 0.2) is 5.78 Å². The van der Waals surface area contributed by atoms with Crippen molar-refractivity contribution in [3.05, 3.63) is 33.8 Å². The molecule has 0 fully saturated rings. The smallest absolute Gasteiger partial charge is 0.344 e. The number of benzene rings is 1. The number of halogens is 2. The summed E-state index contributed by atoms with van der Waals surface area (Å²) in [5.41, 5.74) is -2.56. The maximum atomic E-state index is 12.3. The molecule has 1 aromatic carbocycles. The van der Waals surface area contributed by atoms with Crippen LogP contribution in [0.3, 0.4) is 0 Å². The van der Waals surface area contributed by atoms with Gasteiger partial charge in [0.25, 0.3) is 0 Å². The van der Waals surface area contributed by atoms with E-state index in [1.54, 1.807) is 0 Å². The van der Waals surface area contributed by atoms with E-state index in [9.17, 15) is 24.3 Å². The lowest BCUT2D eigenvalue weighted by Gasteiger charge is -2.25. The van der Waals surface area contributed by atoms with Crippen molar-refractivity contribution in [3.8, 4) is 0 Å². The van der Waals surface area contributed by atoms with E-state index in [1.807, 2.05) is 5.32 Å². The molecule has 0 aliphatic heterocycles. The maximum Gasteiger partial charge on any atom is 0.344 e. The molecule has 2 N–H and O–H groups in total. The Bertz CT molecular complexity index is 648. The van der Waals surface area contributed by atoms with E-state index < -0.39 is 29.7 Å². The Morgan fingerprint density at radius 1 is 1.35 bits per heavy atom. The van der Waals surface area contributed by atoms with E-state index in [0.717, 1.165) is 0 Å². The Labute approximate surface area is 141 Å². The van der Waals surface area contributed by atoms with E-state index in [0.29, 0.717) is 0 Å². The van der Waals surface area contributed by atoms with Crippen LogP contribution in [0, 0.1) is 0 Å². The number of hydrogen-bond acceptors (Lipinski definition) is 5. The van der Waals surface area contributed by atoms with Gasteiger partial charge in [0.05, 0.1) is 18.1 Å². The fraction of sp³-hybridized carbons (Fsp3) is 0.286. The van der Waals surface area contributed by atoms with Gasteiger partial charge in [-0.05, 0) is 25.1 Å². The van der Waals surface area contributed by atoms with Gasteiger partial charge in [0, 0.05) is 10.6 Å². The second-order valence-electron chi connectivity index (χ2n) is 4.42. The monoisotopic (exact) mass is 361 g/mol. The zero-order valence-electron chi connectivity index (χ0n) is 12.0. The van der Waals surface area contributed by atoms with Crippen LogP contribution in [-0.4, -0.2) is 41.4 Å². The largest absolute Gasteiger partial charge is 0.479 e. The van der Waals surface area contributed by atoms with E-state index >= 15 is 0 Å². The molecule has 1 aromatic rings. The summed E-state index contributed by atoms with van der Waals surface area (Å²) < 4.78 is 4.66. The lowest BCUT2D eigenvalue weighted by molar-refractivity contribution is -0.163. The lowest BCUT2D eigenvalue weighted by atomic mass is 9.90. The van der Waals surface area contributed by atoms with Crippen molar-refractivity contribution in [1.29, 1.82) is 0 Å². The molecule has 1 rings (SSSR count). The third-order valence-corrected chi connectivity index (χ3v) is 3.50. The van der Waals surface area contributed by atoms with Crippen molar-refractivity contribution in [2.75, 3.05) is 6.61 Å². The molecule has 0 heterocycles. The molecular weight excluding hydrogens is 349 g/mol. The van der Waals surface area contributed by atoms with Crippen molar-refractivity contribution in [2.24, 2.45) is 0 Å². The number of carbonyl (C=O) groups excluding carboxylic acids is 3. The van der Waals surface area contributed by atoms with Crippen LogP contribution in [0.5, 0.6) is 0 Å². The molecule has 1 unspecified atom stereocenters. The predicted molar refractivity (Wildman–Crippen MR) is 81.6 cm³/mol. The van der Waals surface area contributed by atoms with Crippen LogP contribution in [0.15, 0.2) is 18.2 Å². The zero-order chi connectivity index (χ0) is 17.6. The summed E-state index contributed by atoms with van der Waals surface area (Å²) in [7, 11) is 0. The molecule has 0 saturated heterocycles. The van der Waals surface area contributed by atoms with Crippen LogP contribution in [-0.2, 0) is 19.1 Å². The Kier molecular flexibility index (Phi) is 6.53. The number of carboxylic acids is 1. The molecule has 23 heavy (non-hydrogen) atoms. The summed E-state index contributed by atoms with van der Waals surface area (Å²) in [5.74, 6) is -3.74. The van der Waals surface area contributed by atoms with Crippen molar-refractivity contribution >= 4 is 47.3 Å². The minimum absolute atomic E-state index is 0.00301. The average molecular weight is 362 g/mol. The number of ketones is 1. The van der Waals surface area contributed by atoms with Crippen LogP contribution in [0.1, 0.15) is 23.7 Å². The number of esters is 1. The Morgan fingerprint density at radius 3 is 2.48 bits per heavy atom. The van der Waals surface area contributed by atoms with E-state index in [2.05, 4.69) is 4.74 Å². The summed E-state index contributed by atoms with van der Waals surface area (Å²) in [5, 5.41) is 11.5. The Hall–Kier alpha value is -2.12. The van der Waals surface area contributed by atoms with Crippen LogP contribution in [0.25, 0.3) is 0 Å². The molecule has 0 saturated carbocycles. The molecule has 0 aliphatic carbocycles. The zero-order valence-corrected chi connectivity index (χ0v) is 13.5. The Balaban J connectivity index is 3.23. The van der Waals surface area contributed by atoms with Crippen LogP contribution in [0.2, 0.25) is 10.0 Å². The Morgan fingerprint density at radius 2 is 2.00 bits per heavy atom. The van der Waals surface area contributed by atoms with Crippen molar-refractivity contribution < 1.29 is 29.0 Å². The SMILES string of the molecule is CCOC(=O)C(CC(=O)c1ccc(Cl)cc1Cl)(NC=O)C(=O)O. The number of ether oxygens (including phenoxy) is 1. The fourth-order valence-electron chi connectivity index (χ4n) is 1.81. The van der Waals surface area contributed by atoms with Gasteiger partial charge in [-0.15, -0.1) is 0 Å². The predicted octanol–water partition coefficient (Wildman–Crippen LogP) is 1.70. The van der Waals surface area contributed by atoms with Gasteiger partial charge < -0.3 is 15.2 Å². The molecule has 124 valence electrons. The molecule has 9 heteroatoms. The summed E-state index contributed by atoms with van der Waals surface area (Å²) in [6.45, 7) is 1.34. The first kappa shape index (κ1) is 18.9. The van der Waals surface area contributed by atoms with E-state index in [4.69, 9.17) is 23.2 Å². The molecule has 1 atom stereocenters. The molecule has 0 aromatic heterocycles. The number of nitrogens with one attached hydrogen (secondary N) is 1. The van der Waals surface area contributed by atoms with Crippen LogP contribution >= 0.6 is 23.2 Å². The number of Topliss-reactive ketones (excluding diaryl/α,β-unsaturated/α-hetero) is 1. The summed E-state index contributed by atoms with van der Waals surface area (Å²) in [6, 6.07) is 3.99. The number of rotatable bonds is 8. The van der Waals surface area contributed by atoms with Gasteiger partial charge in [-0.3, -0.25) is 9.59 Å². The number of hydrogen-bond donors (Lipinski definition) is 2. The highest BCUT2D eigenvalue weighted by Gasteiger charge is 2.49. The van der Waals surface area contributed by atoms with Crippen LogP contribution in [0.4, 0.5) is 0 Å². The lowest BCUT2D eigenvalue weighted by Crippen LogP contribution is -2.59. The minimum atomic E-state index is -2.53. The second-order valence-corrected chi connectivity index (χ2v) is 5.26. The summed E-state index contributed by atoms with van der Waals surface area (Å²) >= 11 is 11.6. The second kappa shape index (κ2) is 7.94. The highest BCUT2D eigenvalue weighted by atomic mass is 35.5. The number of carboxylic acid groups (broad SMARTS) is 1. The molecule has 0 aliphatic rings. The molecule has 1 amide bonds. The van der Waals surface area contributed by atoms with Crippen molar-refractivity contribution in [2.45, 2.75) is 18.9 Å². The topological polar surface area (TPSA) is 110 Å². The average Bonchev–Trinajstić information content (AvgIpc) is 2.46. The van der Waals surface area contributed by atoms with Gasteiger partial charge in [-0.1, -0.05) is 23.2 Å². The first-order valence-corrected chi connectivity index (χ1v) is 7.14. The minimum Gasteiger partial charge on any atom is -0.479 e. The maximum absolute atomic E-state index is 12.3. The molecular formula is C14H13Cl2NO6. The summed E-state index contributed by atoms with van der Waals surface area (Å²) in [4.78, 5) is 46.5. The van der Waals surface area contributed by atoms with Crippen LogP contribution < -0.4 is 5.32 Å². The van der Waals surface area contributed by atoms with Gasteiger partial charge in [-0.25, -0.2) is 9.59 Å². The van der Waals surface area contributed by atoms with Gasteiger partial charge in [0.2, 0.25) is 11.9 Å². The highest BCUT2D eigenvalue weighted by Crippen LogP contribution is 2.25.